The standard InChI is InChI=1S/C71H44N2O/c1-2-16-48-42-52(37-35-45(48)15-1)72(53-38-39-57-56-21-5-10-26-63(56)71(64(57)44-53)61-24-8-3-19-54(61)55-20-4-9-25-62(55)71)51-18-13-17-49(41-51)46-31-33-47(34-32-46)50-36-40-66-60(43-50)58-22-6-11-27-65(58)73(66)67-28-14-30-69-70(67)59-23-7-12-29-68(59)74-69/h1-44H. The van der Waals surface area contributed by atoms with E-state index in [1.807, 2.05) is 6.07 Å². The summed E-state index contributed by atoms with van der Waals surface area (Å²) in [5.74, 6) is 0. The second-order valence-electron chi connectivity index (χ2n) is 19.9. The van der Waals surface area contributed by atoms with Crippen LogP contribution in [0.25, 0.3) is 105 Å². The number of rotatable bonds is 6. The SMILES string of the molecule is c1cc(-c2ccc(-c3ccc4c(c3)c3ccccc3n4-c3cccc4oc5ccccc5c34)cc2)cc(N(c2ccc3c(c2)C2(c4ccccc4-c4ccccc42)c2ccccc2-3)c2ccc3ccccc3c2)c1. The molecule has 3 nitrogen and oxygen atoms in total. The highest BCUT2D eigenvalue weighted by Crippen LogP contribution is 2.63. The van der Waals surface area contributed by atoms with Crippen molar-refractivity contribution in [1.82, 2.24) is 4.57 Å². The Bertz CT molecular complexity index is 4560. The molecule has 2 heterocycles. The maximum absolute atomic E-state index is 6.35. The number of furan rings is 1. The van der Waals surface area contributed by atoms with Crippen molar-refractivity contribution in [2.24, 2.45) is 0 Å². The lowest BCUT2D eigenvalue weighted by Crippen LogP contribution is -2.26. The van der Waals surface area contributed by atoms with Crippen LogP contribution < -0.4 is 4.90 Å². The predicted octanol–water partition coefficient (Wildman–Crippen LogP) is 19.0. The Hall–Kier alpha value is -9.70. The van der Waals surface area contributed by atoms with Crippen LogP contribution in [-0.4, -0.2) is 4.57 Å². The van der Waals surface area contributed by atoms with E-state index in [0.29, 0.717) is 0 Å². The van der Waals surface area contributed by atoms with Gasteiger partial charge in [-0.05, 0) is 150 Å². The fourth-order valence-electron chi connectivity index (χ4n) is 13.0. The first-order valence-corrected chi connectivity index (χ1v) is 25.6. The minimum atomic E-state index is -0.445. The number of aromatic nitrogens is 1. The summed E-state index contributed by atoms with van der Waals surface area (Å²) in [6.45, 7) is 0. The third-order valence-electron chi connectivity index (χ3n) is 16.2. The van der Waals surface area contributed by atoms with E-state index in [1.165, 1.54) is 82.7 Å². The number of benzene rings is 12. The molecule has 0 atom stereocenters. The molecule has 1 spiro atoms. The molecule has 12 aromatic carbocycles. The van der Waals surface area contributed by atoms with Gasteiger partial charge in [0.25, 0.3) is 0 Å². The molecule has 0 unspecified atom stereocenters. The van der Waals surface area contributed by atoms with Gasteiger partial charge >= 0.3 is 0 Å². The van der Waals surface area contributed by atoms with Crippen molar-refractivity contribution in [3.8, 4) is 50.2 Å². The van der Waals surface area contributed by atoms with E-state index in [2.05, 4.69) is 270 Å². The van der Waals surface area contributed by atoms with Gasteiger partial charge in [-0.25, -0.2) is 0 Å². The summed E-state index contributed by atoms with van der Waals surface area (Å²) in [4.78, 5) is 2.45. The van der Waals surface area contributed by atoms with Crippen LogP contribution in [0.5, 0.6) is 0 Å². The first kappa shape index (κ1) is 41.0. The topological polar surface area (TPSA) is 21.3 Å². The minimum absolute atomic E-state index is 0.445. The lowest BCUT2D eigenvalue weighted by molar-refractivity contribution is 0.669. The van der Waals surface area contributed by atoms with Gasteiger partial charge in [-0.2, -0.15) is 0 Å². The second kappa shape index (κ2) is 15.6. The van der Waals surface area contributed by atoms with Crippen molar-refractivity contribution in [1.29, 1.82) is 0 Å². The molecule has 0 N–H and O–H groups in total. The van der Waals surface area contributed by atoms with Crippen molar-refractivity contribution in [3.63, 3.8) is 0 Å². The highest BCUT2D eigenvalue weighted by Gasteiger charge is 2.51. The Balaban J connectivity index is 0.809. The van der Waals surface area contributed by atoms with Crippen LogP contribution in [0.4, 0.5) is 17.1 Å². The maximum Gasteiger partial charge on any atom is 0.137 e. The van der Waals surface area contributed by atoms with Gasteiger partial charge in [0.05, 0.1) is 27.5 Å². The van der Waals surface area contributed by atoms with Crippen LogP contribution in [0.3, 0.4) is 0 Å². The number of anilines is 3. The van der Waals surface area contributed by atoms with Gasteiger partial charge in [0.15, 0.2) is 0 Å². The van der Waals surface area contributed by atoms with Crippen LogP contribution in [0.15, 0.2) is 271 Å². The van der Waals surface area contributed by atoms with E-state index in [0.717, 1.165) is 61.3 Å². The fourth-order valence-corrected chi connectivity index (χ4v) is 13.0. The molecule has 2 aliphatic carbocycles. The van der Waals surface area contributed by atoms with Crippen molar-refractivity contribution < 1.29 is 4.42 Å². The fraction of sp³-hybridized carbons (Fsp3) is 0.0141. The summed E-state index contributed by atoms with van der Waals surface area (Å²) in [5, 5.41) is 7.12. The van der Waals surface area contributed by atoms with Gasteiger partial charge in [0, 0.05) is 33.2 Å². The molecule has 0 saturated heterocycles. The molecule has 74 heavy (non-hydrogen) atoms. The lowest BCUT2D eigenvalue weighted by atomic mass is 9.70. The summed E-state index contributed by atoms with van der Waals surface area (Å²) in [5.41, 5.74) is 23.3. The zero-order valence-corrected chi connectivity index (χ0v) is 40.2. The third-order valence-corrected chi connectivity index (χ3v) is 16.2. The van der Waals surface area contributed by atoms with Gasteiger partial charge in [0.2, 0.25) is 0 Å². The molecule has 16 rings (SSSR count). The molecular formula is C71H44N2O. The lowest BCUT2D eigenvalue weighted by Gasteiger charge is -2.32. The van der Waals surface area contributed by atoms with E-state index < -0.39 is 5.41 Å². The van der Waals surface area contributed by atoms with E-state index in [9.17, 15) is 0 Å². The van der Waals surface area contributed by atoms with E-state index in [4.69, 9.17) is 4.42 Å². The van der Waals surface area contributed by atoms with E-state index in [1.54, 1.807) is 0 Å². The third kappa shape index (κ3) is 5.78. The summed E-state index contributed by atoms with van der Waals surface area (Å²) in [6.07, 6.45) is 0. The van der Waals surface area contributed by atoms with Crippen LogP contribution >= 0.6 is 0 Å². The van der Waals surface area contributed by atoms with Gasteiger partial charge in [-0.15, -0.1) is 0 Å². The molecule has 2 aromatic heterocycles. The quantitative estimate of drug-likeness (QED) is 0.166. The summed E-state index contributed by atoms with van der Waals surface area (Å²) < 4.78 is 8.76. The zero-order valence-electron chi connectivity index (χ0n) is 40.2. The highest BCUT2D eigenvalue weighted by atomic mass is 16.3. The van der Waals surface area contributed by atoms with Crippen LogP contribution in [0, 0.1) is 0 Å². The summed E-state index contributed by atoms with van der Waals surface area (Å²) in [7, 11) is 0. The Labute approximate surface area is 428 Å². The smallest absolute Gasteiger partial charge is 0.137 e. The van der Waals surface area contributed by atoms with Crippen LogP contribution in [0.2, 0.25) is 0 Å². The van der Waals surface area contributed by atoms with Crippen molar-refractivity contribution in [2.45, 2.75) is 5.41 Å². The number of para-hydroxylation sites is 2. The summed E-state index contributed by atoms with van der Waals surface area (Å²) in [6, 6.07) is 98.4. The molecule has 0 aliphatic heterocycles. The van der Waals surface area contributed by atoms with Gasteiger partial charge in [0.1, 0.15) is 11.2 Å². The molecule has 0 fully saturated rings. The van der Waals surface area contributed by atoms with Crippen molar-refractivity contribution in [2.75, 3.05) is 4.90 Å². The van der Waals surface area contributed by atoms with Crippen LogP contribution in [-0.2, 0) is 5.41 Å². The Morgan fingerprint density at radius 2 is 0.851 bits per heavy atom. The number of nitrogens with zero attached hydrogens (tertiary/aromatic N) is 2. The molecule has 14 aromatic rings. The molecule has 3 heteroatoms. The van der Waals surface area contributed by atoms with Crippen LogP contribution in [0.1, 0.15) is 22.3 Å². The zero-order chi connectivity index (χ0) is 48.5. The largest absolute Gasteiger partial charge is 0.456 e. The molecule has 344 valence electrons. The molecule has 0 bridgehead atoms. The van der Waals surface area contributed by atoms with E-state index >= 15 is 0 Å². The van der Waals surface area contributed by atoms with Gasteiger partial charge < -0.3 is 13.9 Å². The summed E-state index contributed by atoms with van der Waals surface area (Å²) >= 11 is 0. The molecule has 0 amide bonds. The average Bonchev–Trinajstić information content (AvgIpc) is 4.20. The number of hydrogen-bond acceptors (Lipinski definition) is 2. The monoisotopic (exact) mass is 940 g/mol. The van der Waals surface area contributed by atoms with E-state index in [-0.39, 0.29) is 0 Å². The highest BCUT2D eigenvalue weighted by molar-refractivity contribution is 6.15. The normalized spacial score (nSPS) is 13.0. The maximum atomic E-state index is 6.35. The van der Waals surface area contributed by atoms with Gasteiger partial charge in [-0.1, -0.05) is 194 Å². The Morgan fingerprint density at radius 1 is 0.311 bits per heavy atom. The molecule has 0 radical (unpaired) electrons. The number of hydrogen-bond donors (Lipinski definition) is 0. The average molecular weight is 941 g/mol. The first-order valence-electron chi connectivity index (χ1n) is 25.6. The Morgan fingerprint density at radius 3 is 1.61 bits per heavy atom. The first-order chi connectivity index (χ1) is 36.7. The molecule has 2 aliphatic rings. The predicted molar refractivity (Wildman–Crippen MR) is 307 cm³/mol. The van der Waals surface area contributed by atoms with Crippen molar-refractivity contribution in [3.05, 3.63) is 289 Å². The minimum Gasteiger partial charge on any atom is -0.456 e. The van der Waals surface area contributed by atoms with Crippen molar-refractivity contribution >= 4 is 71.6 Å². The molecular weight excluding hydrogens is 897 g/mol. The Kier molecular flexibility index (Phi) is 8.66. The van der Waals surface area contributed by atoms with Gasteiger partial charge in [-0.3, -0.25) is 0 Å². The molecule has 0 saturated carbocycles. The number of fused-ring (bicyclic) bond motifs is 17. The second-order valence-corrected chi connectivity index (χ2v) is 19.9.